The third-order valence-corrected chi connectivity index (χ3v) is 6.38. The van der Waals surface area contributed by atoms with Gasteiger partial charge in [0.25, 0.3) is 0 Å². The number of benzene rings is 2. The van der Waals surface area contributed by atoms with Crippen molar-refractivity contribution in [2.75, 3.05) is 6.54 Å². The van der Waals surface area contributed by atoms with Crippen molar-refractivity contribution < 1.29 is 9.59 Å². The Morgan fingerprint density at radius 2 is 1.73 bits per heavy atom. The Morgan fingerprint density at radius 3 is 2.36 bits per heavy atom. The van der Waals surface area contributed by atoms with E-state index in [0.29, 0.717) is 24.5 Å². The van der Waals surface area contributed by atoms with E-state index >= 15 is 0 Å². The molecule has 3 rings (SSSR count). The largest absolute Gasteiger partial charge is 0.354 e. The number of hydrogen-bond donors (Lipinski definition) is 1. The number of hydrogen-bond acceptors (Lipinski definition) is 2. The van der Waals surface area contributed by atoms with Crippen molar-refractivity contribution in [1.82, 2.24) is 10.2 Å². The lowest BCUT2D eigenvalue weighted by Gasteiger charge is -2.33. The van der Waals surface area contributed by atoms with E-state index < -0.39 is 6.04 Å². The first kappa shape index (κ1) is 25.0. The third kappa shape index (κ3) is 7.75. The molecule has 0 bridgehead atoms. The van der Waals surface area contributed by atoms with Gasteiger partial charge in [-0.3, -0.25) is 9.59 Å². The first-order valence-electron chi connectivity index (χ1n) is 12.0. The third-order valence-electron chi connectivity index (χ3n) is 6.12. The fourth-order valence-electron chi connectivity index (χ4n) is 4.24. The molecule has 4 nitrogen and oxygen atoms in total. The molecule has 0 saturated heterocycles. The zero-order valence-electron chi connectivity index (χ0n) is 19.7. The van der Waals surface area contributed by atoms with Crippen molar-refractivity contribution in [3.8, 4) is 0 Å². The molecule has 5 heteroatoms. The number of nitrogens with zero attached hydrogens (tertiary/aromatic N) is 1. The topological polar surface area (TPSA) is 49.4 Å². The molecule has 1 N–H and O–H groups in total. The summed E-state index contributed by atoms with van der Waals surface area (Å²) in [5.74, 6) is -0.343. The number of carbonyl (C=O) groups is 2. The van der Waals surface area contributed by atoms with Gasteiger partial charge in [-0.05, 0) is 55.4 Å². The van der Waals surface area contributed by atoms with Gasteiger partial charge in [-0.1, -0.05) is 79.6 Å². The maximum absolute atomic E-state index is 13.5. The van der Waals surface area contributed by atoms with Crippen LogP contribution in [0.2, 0.25) is 5.02 Å². The predicted molar refractivity (Wildman–Crippen MR) is 135 cm³/mol. The van der Waals surface area contributed by atoms with E-state index in [4.69, 9.17) is 11.6 Å². The average molecular weight is 467 g/mol. The molecular weight excluding hydrogens is 432 g/mol. The second-order valence-electron chi connectivity index (χ2n) is 9.10. The molecule has 0 unspecified atom stereocenters. The molecule has 1 aliphatic rings. The van der Waals surface area contributed by atoms with E-state index in [9.17, 15) is 9.59 Å². The molecule has 0 aliphatic heterocycles. The van der Waals surface area contributed by atoms with Crippen LogP contribution < -0.4 is 5.32 Å². The van der Waals surface area contributed by atoms with Crippen LogP contribution in [0.1, 0.15) is 57.1 Å². The van der Waals surface area contributed by atoms with Crippen LogP contribution in [0, 0.1) is 5.92 Å². The van der Waals surface area contributed by atoms with E-state index in [-0.39, 0.29) is 17.7 Å². The molecule has 33 heavy (non-hydrogen) atoms. The van der Waals surface area contributed by atoms with Gasteiger partial charge >= 0.3 is 0 Å². The molecule has 0 heterocycles. The first-order chi connectivity index (χ1) is 15.9. The van der Waals surface area contributed by atoms with Crippen molar-refractivity contribution in [3.63, 3.8) is 0 Å². The minimum Gasteiger partial charge on any atom is -0.354 e. The number of rotatable bonds is 10. The Balaban J connectivity index is 1.80. The highest BCUT2D eigenvalue weighted by Gasteiger charge is 2.31. The highest BCUT2D eigenvalue weighted by Crippen LogP contribution is 2.21. The van der Waals surface area contributed by atoms with E-state index in [1.54, 1.807) is 4.90 Å². The minimum atomic E-state index is -0.585. The molecule has 2 amide bonds. The van der Waals surface area contributed by atoms with Crippen molar-refractivity contribution in [2.24, 2.45) is 5.92 Å². The van der Waals surface area contributed by atoms with Crippen LogP contribution in [-0.4, -0.2) is 29.3 Å². The fraction of sp³-hybridized carbons (Fsp3) is 0.429. The normalized spacial score (nSPS) is 14.5. The highest BCUT2D eigenvalue weighted by molar-refractivity contribution is 6.30. The number of amides is 2. The van der Waals surface area contributed by atoms with Crippen LogP contribution in [0.15, 0.2) is 66.2 Å². The second kappa shape index (κ2) is 12.6. The highest BCUT2D eigenvalue weighted by atomic mass is 35.5. The zero-order valence-corrected chi connectivity index (χ0v) is 20.5. The van der Waals surface area contributed by atoms with Crippen LogP contribution in [0.25, 0.3) is 0 Å². The molecule has 1 atom stereocenters. The molecule has 176 valence electrons. The van der Waals surface area contributed by atoms with Crippen LogP contribution in [0.5, 0.6) is 0 Å². The molecular formula is C28H35ClN2O2. The minimum absolute atomic E-state index is 0.0315. The van der Waals surface area contributed by atoms with E-state index in [1.165, 1.54) is 18.4 Å². The summed E-state index contributed by atoms with van der Waals surface area (Å²) >= 11 is 6.05. The Bertz CT molecular complexity index is 938. The van der Waals surface area contributed by atoms with Gasteiger partial charge in [0.1, 0.15) is 6.04 Å². The summed E-state index contributed by atoms with van der Waals surface area (Å²) < 4.78 is 0. The number of nitrogens with one attached hydrogen (secondary N) is 1. The maximum Gasteiger partial charge on any atom is 0.243 e. The van der Waals surface area contributed by atoms with E-state index in [0.717, 1.165) is 30.4 Å². The van der Waals surface area contributed by atoms with Crippen LogP contribution in [0.3, 0.4) is 0 Å². The summed E-state index contributed by atoms with van der Waals surface area (Å²) in [5, 5.41) is 3.77. The quantitative estimate of drug-likeness (QED) is 0.440. The van der Waals surface area contributed by atoms with Gasteiger partial charge in [-0.25, -0.2) is 0 Å². The van der Waals surface area contributed by atoms with Gasteiger partial charge in [0.2, 0.25) is 11.8 Å². The number of carbonyl (C=O) groups excluding carboxylic acids is 2. The predicted octanol–water partition coefficient (Wildman–Crippen LogP) is 5.94. The molecule has 0 fully saturated rings. The van der Waals surface area contributed by atoms with E-state index in [1.807, 2.05) is 68.4 Å². The number of halogens is 1. The van der Waals surface area contributed by atoms with Gasteiger partial charge in [-0.2, -0.15) is 0 Å². The second-order valence-corrected chi connectivity index (χ2v) is 9.54. The lowest BCUT2D eigenvalue weighted by molar-refractivity contribution is -0.143. The lowest BCUT2D eigenvalue weighted by Crippen LogP contribution is -2.51. The maximum atomic E-state index is 13.5. The molecule has 2 aromatic rings. The van der Waals surface area contributed by atoms with Gasteiger partial charge in [0.15, 0.2) is 0 Å². The molecule has 2 aromatic carbocycles. The molecule has 0 saturated carbocycles. The molecule has 0 aromatic heterocycles. The summed E-state index contributed by atoms with van der Waals surface area (Å²) in [7, 11) is 0. The van der Waals surface area contributed by atoms with Crippen molar-refractivity contribution in [1.29, 1.82) is 0 Å². The number of allylic oxidation sites excluding steroid dienone is 1. The summed E-state index contributed by atoms with van der Waals surface area (Å²) in [5.41, 5.74) is 3.41. The Kier molecular flexibility index (Phi) is 9.56. The molecule has 0 spiro atoms. The lowest BCUT2D eigenvalue weighted by atomic mass is 9.97. The summed E-state index contributed by atoms with van der Waals surface area (Å²) in [6.45, 7) is 4.72. The Hall–Kier alpha value is -2.59. The summed E-state index contributed by atoms with van der Waals surface area (Å²) in [6, 6.07) is 16.8. The van der Waals surface area contributed by atoms with Crippen LogP contribution in [0.4, 0.5) is 0 Å². The Labute approximate surface area is 203 Å². The molecule has 1 aliphatic carbocycles. The van der Waals surface area contributed by atoms with E-state index in [2.05, 4.69) is 11.4 Å². The van der Waals surface area contributed by atoms with Crippen LogP contribution in [-0.2, 0) is 22.6 Å². The van der Waals surface area contributed by atoms with Gasteiger partial charge < -0.3 is 10.2 Å². The molecule has 0 radical (unpaired) electrons. The Morgan fingerprint density at radius 1 is 1.00 bits per heavy atom. The monoisotopic (exact) mass is 466 g/mol. The van der Waals surface area contributed by atoms with Gasteiger partial charge in [0.05, 0.1) is 0 Å². The fourth-order valence-corrected chi connectivity index (χ4v) is 4.36. The SMILES string of the molecule is CC(C)C(=O)N(Cc1ccc(Cl)cc1)[C@@H](Cc1ccccc1)C(=O)NCCC1=CCCCC1. The van der Waals surface area contributed by atoms with Crippen molar-refractivity contribution in [2.45, 2.75) is 65.0 Å². The van der Waals surface area contributed by atoms with Gasteiger partial charge in [-0.15, -0.1) is 0 Å². The van der Waals surface area contributed by atoms with Crippen LogP contribution >= 0.6 is 11.6 Å². The van der Waals surface area contributed by atoms with Crippen molar-refractivity contribution >= 4 is 23.4 Å². The standard InChI is InChI=1S/C28H35ClN2O2/c1-21(2)28(33)31(20-24-13-15-25(29)16-14-24)26(19-23-11-7-4-8-12-23)27(32)30-18-17-22-9-5-3-6-10-22/h4,7-9,11-16,21,26H,3,5-6,10,17-20H2,1-2H3,(H,30,32)/t26-/m0/s1. The zero-order chi connectivity index (χ0) is 23.6. The summed E-state index contributed by atoms with van der Waals surface area (Å²) in [6.07, 6.45) is 8.41. The smallest absolute Gasteiger partial charge is 0.243 e. The first-order valence-corrected chi connectivity index (χ1v) is 12.4. The van der Waals surface area contributed by atoms with Crippen molar-refractivity contribution in [3.05, 3.63) is 82.4 Å². The van der Waals surface area contributed by atoms with Gasteiger partial charge in [0, 0.05) is 30.5 Å². The average Bonchev–Trinajstić information content (AvgIpc) is 2.83. The summed E-state index contributed by atoms with van der Waals surface area (Å²) in [4.78, 5) is 28.5.